The number of nitrogens with one attached hydrogen (secondary N) is 2. The maximum Gasteiger partial charge on any atom is 0.325 e. The molecular weight excluding hydrogens is 338 g/mol. The molecule has 7 nitrogen and oxygen atoms in total. The van der Waals surface area contributed by atoms with Crippen molar-refractivity contribution < 1.29 is 9.53 Å². The summed E-state index contributed by atoms with van der Waals surface area (Å²) in [5.74, 6) is 0.776. The van der Waals surface area contributed by atoms with Gasteiger partial charge >= 0.3 is 6.03 Å². The van der Waals surface area contributed by atoms with E-state index in [-0.39, 0.29) is 6.03 Å². The second kappa shape index (κ2) is 8.15. The summed E-state index contributed by atoms with van der Waals surface area (Å²) in [4.78, 5) is 14.4. The Balaban J connectivity index is 1.56. The van der Waals surface area contributed by atoms with Crippen molar-refractivity contribution in [2.75, 3.05) is 28.7 Å². The first-order chi connectivity index (χ1) is 12.2. The van der Waals surface area contributed by atoms with Crippen LogP contribution in [0.4, 0.5) is 20.7 Å². The Labute approximate surface area is 151 Å². The molecule has 1 saturated heterocycles. The fraction of sp³-hybridized carbons (Fsp3) is 0.471. The van der Waals surface area contributed by atoms with Gasteiger partial charge in [-0.15, -0.1) is 10.2 Å². The number of nitrogens with zero attached hydrogens (tertiary/aromatic N) is 3. The lowest BCUT2D eigenvalue weighted by atomic mass is 10.1. The van der Waals surface area contributed by atoms with Crippen LogP contribution in [0.5, 0.6) is 5.75 Å². The average molecular weight is 361 g/mol. The van der Waals surface area contributed by atoms with Crippen molar-refractivity contribution in [3.05, 3.63) is 24.3 Å². The van der Waals surface area contributed by atoms with Gasteiger partial charge in [0, 0.05) is 18.3 Å². The normalized spacial score (nSPS) is 17.2. The van der Waals surface area contributed by atoms with Crippen LogP contribution in [-0.2, 0) is 0 Å². The number of carbonyl (C=O) groups is 1. The molecule has 8 heteroatoms. The number of hydrogen-bond donors (Lipinski definition) is 2. The van der Waals surface area contributed by atoms with Crippen LogP contribution < -0.4 is 20.3 Å². The summed E-state index contributed by atoms with van der Waals surface area (Å²) >= 11 is 1.40. The zero-order valence-electron chi connectivity index (χ0n) is 14.5. The van der Waals surface area contributed by atoms with E-state index >= 15 is 0 Å². The van der Waals surface area contributed by atoms with Gasteiger partial charge in [-0.25, -0.2) is 4.79 Å². The third-order valence-electron chi connectivity index (χ3n) is 4.11. The van der Waals surface area contributed by atoms with Gasteiger partial charge in [0.1, 0.15) is 5.75 Å². The summed E-state index contributed by atoms with van der Waals surface area (Å²) < 4.78 is 5.38. The van der Waals surface area contributed by atoms with Crippen LogP contribution in [0.3, 0.4) is 0 Å². The topological polar surface area (TPSA) is 79.4 Å². The van der Waals surface area contributed by atoms with Gasteiger partial charge in [0.15, 0.2) is 0 Å². The van der Waals surface area contributed by atoms with Gasteiger partial charge < -0.3 is 15.0 Å². The van der Waals surface area contributed by atoms with Gasteiger partial charge in [0.25, 0.3) is 0 Å². The number of anilines is 3. The molecule has 1 fully saturated rings. The van der Waals surface area contributed by atoms with E-state index in [1.165, 1.54) is 30.6 Å². The number of aromatic nitrogens is 2. The minimum absolute atomic E-state index is 0.335. The van der Waals surface area contributed by atoms with Crippen LogP contribution >= 0.6 is 11.3 Å². The second-order valence-corrected chi connectivity index (χ2v) is 6.92. The predicted molar refractivity (Wildman–Crippen MR) is 101 cm³/mol. The highest BCUT2D eigenvalue weighted by atomic mass is 32.1. The van der Waals surface area contributed by atoms with Crippen LogP contribution in [-0.4, -0.2) is 35.4 Å². The van der Waals surface area contributed by atoms with Crippen LogP contribution in [0.25, 0.3) is 0 Å². The summed E-state index contributed by atoms with van der Waals surface area (Å²) in [6.07, 6.45) is 3.59. The number of carbonyl (C=O) groups excluding carboxylic acids is 1. The largest absolute Gasteiger partial charge is 0.494 e. The molecule has 2 amide bonds. The lowest BCUT2D eigenvalue weighted by molar-refractivity contribution is 0.262. The highest BCUT2D eigenvalue weighted by Crippen LogP contribution is 2.29. The van der Waals surface area contributed by atoms with Crippen molar-refractivity contribution in [3.63, 3.8) is 0 Å². The summed E-state index contributed by atoms with van der Waals surface area (Å²) in [6.45, 7) is 5.74. The number of urea groups is 1. The maximum absolute atomic E-state index is 12.1. The third kappa shape index (κ3) is 4.60. The first-order valence-electron chi connectivity index (χ1n) is 8.56. The Morgan fingerprint density at radius 2 is 2.08 bits per heavy atom. The average Bonchev–Trinajstić information content (AvgIpc) is 3.05. The molecule has 2 aromatic rings. The first kappa shape index (κ1) is 17.5. The highest BCUT2D eigenvalue weighted by Gasteiger charge is 2.22. The van der Waals surface area contributed by atoms with Crippen molar-refractivity contribution in [2.45, 2.75) is 39.2 Å². The Kier molecular flexibility index (Phi) is 5.70. The van der Waals surface area contributed by atoms with E-state index in [1.54, 1.807) is 12.1 Å². The predicted octanol–water partition coefficient (Wildman–Crippen LogP) is 3.96. The highest BCUT2D eigenvalue weighted by molar-refractivity contribution is 7.19. The molecule has 25 heavy (non-hydrogen) atoms. The molecule has 1 atom stereocenters. The molecule has 0 bridgehead atoms. The van der Waals surface area contributed by atoms with Crippen molar-refractivity contribution >= 4 is 33.3 Å². The Morgan fingerprint density at radius 3 is 2.80 bits per heavy atom. The third-order valence-corrected chi connectivity index (χ3v) is 4.98. The lowest BCUT2D eigenvalue weighted by Gasteiger charge is -2.32. The molecule has 1 aliphatic heterocycles. The molecule has 134 valence electrons. The molecule has 1 aromatic heterocycles. The van der Waals surface area contributed by atoms with Crippen LogP contribution in [0.2, 0.25) is 0 Å². The zero-order valence-corrected chi connectivity index (χ0v) is 15.3. The van der Waals surface area contributed by atoms with Crippen molar-refractivity contribution in [3.8, 4) is 5.75 Å². The van der Waals surface area contributed by atoms with E-state index in [4.69, 9.17) is 4.74 Å². The van der Waals surface area contributed by atoms with Gasteiger partial charge in [-0.05, 0) is 57.4 Å². The van der Waals surface area contributed by atoms with Crippen LogP contribution in [0, 0.1) is 0 Å². The fourth-order valence-corrected chi connectivity index (χ4v) is 3.69. The van der Waals surface area contributed by atoms with Crippen LogP contribution in [0.15, 0.2) is 24.3 Å². The molecular formula is C17H23N5O2S. The molecule has 0 aliphatic carbocycles. The number of hydrogen-bond acceptors (Lipinski definition) is 6. The second-order valence-electron chi connectivity index (χ2n) is 5.96. The van der Waals surface area contributed by atoms with Gasteiger partial charge in [0.05, 0.1) is 6.61 Å². The standard InChI is InChI=1S/C17H23N5O2S/c1-3-24-14-9-7-13(8-10-14)18-15(23)19-16-20-21-17(25-16)22-11-5-4-6-12(22)2/h7-10,12H,3-6,11H2,1-2H3,(H2,18,19,20,23)/t12-/m0/s1. The number of ether oxygens (including phenoxy) is 1. The summed E-state index contributed by atoms with van der Waals surface area (Å²) in [7, 11) is 0. The Morgan fingerprint density at radius 1 is 1.28 bits per heavy atom. The van der Waals surface area contributed by atoms with Crippen molar-refractivity contribution in [1.29, 1.82) is 0 Å². The smallest absolute Gasteiger partial charge is 0.325 e. The minimum Gasteiger partial charge on any atom is -0.494 e. The molecule has 1 aliphatic rings. The number of benzene rings is 1. The van der Waals surface area contributed by atoms with E-state index < -0.39 is 0 Å². The minimum atomic E-state index is -0.335. The summed E-state index contributed by atoms with van der Waals surface area (Å²) in [6, 6.07) is 7.36. The number of amides is 2. The Bertz CT molecular complexity index is 703. The quantitative estimate of drug-likeness (QED) is 0.843. The molecule has 0 saturated carbocycles. The molecule has 0 unspecified atom stereocenters. The van der Waals surface area contributed by atoms with E-state index in [0.717, 1.165) is 17.4 Å². The van der Waals surface area contributed by atoms with Crippen LogP contribution in [0.1, 0.15) is 33.1 Å². The van der Waals surface area contributed by atoms with E-state index in [2.05, 4.69) is 32.7 Å². The van der Waals surface area contributed by atoms with Gasteiger partial charge in [-0.2, -0.15) is 0 Å². The zero-order chi connectivity index (χ0) is 17.6. The SMILES string of the molecule is CCOc1ccc(NC(=O)Nc2nnc(N3CCCC[C@@H]3C)s2)cc1. The Hall–Kier alpha value is -2.35. The van der Waals surface area contributed by atoms with Gasteiger partial charge in [0.2, 0.25) is 10.3 Å². The van der Waals surface area contributed by atoms with Gasteiger partial charge in [-0.1, -0.05) is 11.3 Å². The number of rotatable bonds is 5. The molecule has 0 spiro atoms. The molecule has 1 aromatic carbocycles. The molecule has 2 heterocycles. The number of piperidine rings is 1. The first-order valence-corrected chi connectivity index (χ1v) is 9.38. The molecule has 2 N–H and O–H groups in total. The fourth-order valence-electron chi connectivity index (χ4n) is 2.82. The van der Waals surface area contributed by atoms with Crippen molar-refractivity contribution in [2.24, 2.45) is 0 Å². The summed E-state index contributed by atoms with van der Waals surface area (Å²) in [5.41, 5.74) is 0.690. The molecule has 3 rings (SSSR count). The lowest BCUT2D eigenvalue weighted by Crippen LogP contribution is -2.37. The van der Waals surface area contributed by atoms with E-state index in [0.29, 0.717) is 23.5 Å². The summed E-state index contributed by atoms with van der Waals surface area (Å²) in [5, 5.41) is 15.2. The van der Waals surface area contributed by atoms with E-state index in [9.17, 15) is 4.79 Å². The van der Waals surface area contributed by atoms with Gasteiger partial charge in [-0.3, -0.25) is 5.32 Å². The maximum atomic E-state index is 12.1. The molecule has 0 radical (unpaired) electrons. The monoisotopic (exact) mass is 361 g/mol. The van der Waals surface area contributed by atoms with Crippen molar-refractivity contribution in [1.82, 2.24) is 10.2 Å². The van der Waals surface area contributed by atoms with E-state index in [1.807, 2.05) is 19.1 Å².